The summed E-state index contributed by atoms with van der Waals surface area (Å²) >= 11 is 0. The maximum atomic E-state index is 9.60. The van der Waals surface area contributed by atoms with Gasteiger partial charge in [-0.05, 0) is 0 Å². The molecule has 0 spiro atoms. The van der Waals surface area contributed by atoms with E-state index in [1.54, 1.807) is 0 Å². The zero-order chi connectivity index (χ0) is 11.1. The van der Waals surface area contributed by atoms with Gasteiger partial charge in [-0.2, -0.15) is 0 Å². The second-order valence-electron chi connectivity index (χ2n) is 3.62. The maximum absolute atomic E-state index is 9.60. The lowest BCUT2D eigenvalue weighted by molar-refractivity contribution is 0.134. The smallest absolute Gasteiger partial charge is 0.187 e. The molecule has 2 aliphatic rings. The average molecular weight is 212 g/mol. The van der Waals surface area contributed by atoms with Gasteiger partial charge in [0, 0.05) is 0 Å². The molecule has 82 valence electrons. The molecule has 5 heteroatoms. The number of epoxide rings is 1. The van der Waals surface area contributed by atoms with Crippen molar-refractivity contribution in [1.82, 2.24) is 0 Å². The van der Waals surface area contributed by atoms with Crippen LogP contribution in [-0.2, 0) is 4.74 Å². The van der Waals surface area contributed by atoms with Crippen molar-refractivity contribution >= 4 is 0 Å². The fourth-order valence-electron chi connectivity index (χ4n) is 1.62. The monoisotopic (exact) mass is 212 g/mol. The van der Waals surface area contributed by atoms with Crippen LogP contribution in [0.4, 0.5) is 0 Å². The van der Waals surface area contributed by atoms with Gasteiger partial charge in [-0.3, -0.25) is 0 Å². The number of aliphatic hydroxyl groups is 4. The third-order valence-corrected chi connectivity index (χ3v) is 2.53. The molecule has 1 fully saturated rings. The summed E-state index contributed by atoms with van der Waals surface area (Å²) in [6.07, 6.45) is -0.535. The van der Waals surface area contributed by atoms with E-state index in [9.17, 15) is 10.2 Å². The van der Waals surface area contributed by atoms with Gasteiger partial charge in [-0.25, -0.2) is 0 Å². The Bertz CT molecular complexity index is 341. The van der Waals surface area contributed by atoms with E-state index in [1.165, 1.54) is 12.2 Å². The summed E-state index contributed by atoms with van der Waals surface area (Å²) in [5.74, 6) is 4.92. The quantitative estimate of drug-likeness (QED) is 0.224. The van der Waals surface area contributed by atoms with Crippen LogP contribution in [0.25, 0.3) is 0 Å². The van der Waals surface area contributed by atoms with Crippen LogP contribution in [0, 0.1) is 11.8 Å². The molecular formula is C10H12O5. The van der Waals surface area contributed by atoms with Crippen LogP contribution in [0.1, 0.15) is 0 Å². The van der Waals surface area contributed by atoms with Crippen molar-refractivity contribution in [3.63, 3.8) is 0 Å². The first-order valence-electron chi connectivity index (χ1n) is 4.64. The van der Waals surface area contributed by atoms with Gasteiger partial charge in [-0.1, -0.05) is 24.0 Å². The molecule has 15 heavy (non-hydrogen) atoms. The third kappa shape index (κ3) is 1.67. The van der Waals surface area contributed by atoms with Crippen molar-refractivity contribution in [2.75, 3.05) is 6.61 Å². The van der Waals surface area contributed by atoms with Crippen molar-refractivity contribution < 1.29 is 25.2 Å². The van der Waals surface area contributed by atoms with Crippen LogP contribution in [0.5, 0.6) is 0 Å². The molecule has 1 aliphatic carbocycles. The van der Waals surface area contributed by atoms with E-state index >= 15 is 0 Å². The van der Waals surface area contributed by atoms with Gasteiger partial charge in [0.05, 0.1) is 6.61 Å². The Kier molecular flexibility index (Phi) is 2.54. The molecule has 5 atom stereocenters. The van der Waals surface area contributed by atoms with E-state index in [1.807, 2.05) is 0 Å². The Hall–Kier alpha value is -0.900. The van der Waals surface area contributed by atoms with Gasteiger partial charge in [0.2, 0.25) is 0 Å². The first-order valence-corrected chi connectivity index (χ1v) is 4.64. The van der Waals surface area contributed by atoms with E-state index in [0.29, 0.717) is 0 Å². The highest BCUT2D eigenvalue weighted by Crippen LogP contribution is 2.44. The minimum Gasteiger partial charge on any atom is -0.393 e. The van der Waals surface area contributed by atoms with Gasteiger partial charge in [0.1, 0.15) is 24.4 Å². The van der Waals surface area contributed by atoms with Crippen molar-refractivity contribution in [3.05, 3.63) is 12.2 Å². The molecule has 0 aromatic carbocycles. The maximum Gasteiger partial charge on any atom is 0.187 e. The van der Waals surface area contributed by atoms with E-state index in [0.717, 1.165) is 0 Å². The van der Waals surface area contributed by atoms with E-state index in [-0.39, 0.29) is 0 Å². The zero-order valence-corrected chi connectivity index (χ0v) is 7.87. The van der Waals surface area contributed by atoms with Gasteiger partial charge >= 0.3 is 0 Å². The van der Waals surface area contributed by atoms with Crippen LogP contribution in [-0.4, -0.2) is 57.0 Å². The standard InChI is InChI=1S/C10H12O5/c11-5-6(12)3-4-10-8(14)2-1-7(13)9(10)15-10/h1-2,6-9,11-14H,5H2/t6?,7-,8-,9+,10-/m0/s1. The molecule has 1 aliphatic heterocycles. The molecule has 0 radical (unpaired) electrons. The van der Waals surface area contributed by atoms with E-state index in [2.05, 4.69) is 11.8 Å². The molecule has 0 saturated carbocycles. The number of aliphatic hydroxyl groups excluding tert-OH is 4. The van der Waals surface area contributed by atoms with Crippen molar-refractivity contribution in [3.8, 4) is 11.8 Å². The summed E-state index contributed by atoms with van der Waals surface area (Å²) in [4.78, 5) is 0. The second-order valence-corrected chi connectivity index (χ2v) is 3.62. The zero-order valence-electron chi connectivity index (χ0n) is 7.87. The number of ether oxygens (including phenoxy) is 1. The Morgan fingerprint density at radius 3 is 2.80 bits per heavy atom. The molecule has 1 unspecified atom stereocenters. The Labute approximate surface area is 86.6 Å². The first-order chi connectivity index (χ1) is 7.10. The fraction of sp³-hybridized carbons (Fsp3) is 0.600. The number of fused-ring (bicyclic) bond motifs is 1. The van der Waals surface area contributed by atoms with Crippen LogP contribution in [0.15, 0.2) is 12.2 Å². The Balaban J connectivity index is 2.15. The molecule has 0 aromatic heterocycles. The van der Waals surface area contributed by atoms with Gasteiger partial charge < -0.3 is 25.2 Å². The lowest BCUT2D eigenvalue weighted by Gasteiger charge is -2.16. The van der Waals surface area contributed by atoms with Crippen LogP contribution in [0.3, 0.4) is 0 Å². The average Bonchev–Trinajstić information content (AvgIpc) is 2.98. The molecule has 1 heterocycles. The van der Waals surface area contributed by atoms with Gasteiger partial charge in [0.15, 0.2) is 5.60 Å². The Morgan fingerprint density at radius 1 is 1.40 bits per heavy atom. The largest absolute Gasteiger partial charge is 0.393 e. The highest BCUT2D eigenvalue weighted by Gasteiger charge is 2.64. The number of hydrogen-bond acceptors (Lipinski definition) is 5. The minimum atomic E-state index is -1.15. The molecule has 5 nitrogen and oxygen atoms in total. The van der Waals surface area contributed by atoms with Crippen molar-refractivity contribution in [2.45, 2.75) is 30.0 Å². The normalized spacial score (nSPS) is 43.9. The topological polar surface area (TPSA) is 93.5 Å². The highest BCUT2D eigenvalue weighted by atomic mass is 16.6. The summed E-state index contributed by atoms with van der Waals surface area (Å²) in [5.41, 5.74) is -1.11. The third-order valence-electron chi connectivity index (χ3n) is 2.53. The van der Waals surface area contributed by atoms with Crippen LogP contribution < -0.4 is 0 Å². The lowest BCUT2D eigenvalue weighted by atomic mass is 9.90. The SMILES string of the molecule is OCC(O)C#C[C@@]12O[C@@H]1[C@@H](O)C=C[C@@H]2O. The second kappa shape index (κ2) is 3.59. The molecule has 0 amide bonds. The molecule has 0 bridgehead atoms. The Morgan fingerprint density at radius 2 is 2.13 bits per heavy atom. The van der Waals surface area contributed by atoms with E-state index < -0.39 is 36.6 Å². The van der Waals surface area contributed by atoms with Gasteiger partial charge in [0.25, 0.3) is 0 Å². The molecule has 2 rings (SSSR count). The summed E-state index contributed by atoms with van der Waals surface area (Å²) < 4.78 is 5.16. The summed E-state index contributed by atoms with van der Waals surface area (Å²) in [6.45, 7) is -0.470. The molecule has 4 N–H and O–H groups in total. The van der Waals surface area contributed by atoms with E-state index in [4.69, 9.17) is 14.9 Å². The van der Waals surface area contributed by atoms with Crippen LogP contribution >= 0.6 is 0 Å². The first kappa shape index (κ1) is 10.6. The molecule has 1 saturated heterocycles. The summed E-state index contributed by atoms with van der Waals surface area (Å²) in [6, 6.07) is 0. The highest BCUT2D eigenvalue weighted by molar-refractivity contribution is 5.37. The van der Waals surface area contributed by atoms with Crippen LogP contribution in [0.2, 0.25) is 0 Å². The molecular weight excluding hydrogens is 200 g/mol. The minimum absolute atomic E-state index is 0.470. The summed E-state index contributed by atoms with van der Waals surface area (Å²) in [7, 11) is 0. The van der Waals surface area contributed by atoms with Crippen molar-refractivity contribution in [1.29, 1.82) is 0 Å². The predicted octanol–water partition coefficient (Wildman–Crippen LogP) is -2.23. The molecule has 0 aromatic rings. The number of rotatable bonds is 1. The fourth-order valence-corrected chi connectivity index (χ4v) is 1.62. The van der Waals surface area contributed by atoms with Gasteiger partial charge in [-0.15, -0.1) is 0 Å². The predicted molar refractivity (Wildman–Crippen MR) is 49.6 cm³/mol. The lowest BCUT2D eigenvalue weighted by Crippen LogP contribution is -2.37. The van der Waals surface area contributed by atoms with Crippen molar-refractivity contribution in [2.24, 2.45) is 0 Å². The summed E-state index contributed by atoms with van der Waals surface area (Å²) in [5, 5.41) is 36.6. The number of hydrogen-bond donors (Lipinski definition) is 4.